The van der Waals surface area contributed by atoms with Gasteiger partial charge in [0.15, 0.2) is 0 Å². The maximum atomic E-state index is 12.1. The summed E-state index contributed by atoms with van der Waals surface area (Å²) in [6.45, 7) is 1.91. The Morgan fingerprint density at radius 2 is 1.91 bits per heavy atom. The number of amides is 1. The number of hydrogen-bond acceptors (Lipinski definition) is 2. The number of furan rings is 1. The number of para-hydroxylation sites is 1. The molecule has 3 nitrogen and oxygen atoms in total. The van der Waals surface area contributed by atoms with E-state index in [2.05, 4.69) is 5.32 Å². The van der Waals surface area contributed by atoms with Crippen LogP contribution in [0.2, 0.25) is 5.02 Å². The van der Waals surface area contributed by atoms with Crippen molar-refractivity contribution in [2.45, 2.75) is 19.4 Å². The summed E-state index contributed by atoms with van der Waals surface area (Å²) in [6.07, 6.45) is 0.321. The number of carbonyl (C=O) groups excluding carboxylic acids is 1. The van der Waals surface area contributed by atoms with E-state index in [1.807, 2.05) is 49.4 Å². The minimum Gasteiger partial charge on any atom is -0.459 e. The smallest absolute Gasteiger partial charge is 0.224 e. The molecule has 1 amide bonds. The molecule has 0 aliphatic heterocycles. The average molecular weight is 314 g/mol. The van der Waals surface area contributed by atoms with Gasteiger partial charge in [-0.2, -0.15) is 0 Å². The fourth-order valence-corrected chi connectivity index (χ4v) is 2.49. The number of benzene rings is 2. The van der Waals surface area contributed by atoms with Crippen molar-refractivity contribution in [3.05, 3.63) is 70.9 Å². The molecule has 1 aromatic heterocycles. The molecule has 1 N–H and O–H groups in total. The maximum absolute atomic E-state index is 12.1. The number of nitrogens with one attached hydrogen (secondary N) is 1. The van der Waals surface area contributed by atoms with E-state index >= 15 is 0 Å². The van der Waals surface area contributed by atoms with Crippen LogP contribution in [0.25, 0.3) is 11.0 Å². The third kappa shape index (κ3) is 3.31. The van der Waals surface area contributed by atoms with Crippen molar-refractivity contribution in [2.75, 3.05) is 0 Å². The van der Waals surface area contributed by atoms with E-state index in [9.17, 15) is 4.79 Å². The molecule has 2 aromatic carbocycles. The molecule has 0 bridgehead atoms. The maximum Gasteiger partial charge on any atom is 0.224 e. The molecular weight excluding hydrogens is 298 g/mol. The Morgan fingerprint density at radius 1 is 1.18 bits per heavy atom. The lowest BCUT2D eigenvalue weighted by Crippen LogP contribution is -2.27. The highest BCUT2D eigenvalue weighted by Gasteiger charge is 2.14. The van der Waals surface area contributed by atoms with Crippen molar-refractivity contribution in [2.24, 2.45) is 0 Å². The monoisotopic (exact) mass is 313 g/mol. The normalized spacial score (nSPS) is 12.3. The zero-order valence-electron chi connectivity index (χ0n) is 12.2. The van der Waals surface area contributed by atoms with Crippen molar-refractivity contribution >= 4 is 28.5 Å². The Morgan fingerprint density at radius 3 is 2.64 bits per heavy atom. The predicted molar refractivity (Wildman–Crippen MR) is 87.9 cm³/mol. The van der Waals surface area contributed by atoms with Gasteiger partial charge < -0.3 is 9.73 Å². The van der Waals surface area contributed by atoms with Gasteiger partial charge in [0.25, 0.3) is 0 Å². The van der Waals surface area contributed by atoms with Crippen molar-refractivity contribution < 1.29 is 9.21 Å². The second-order valence-electron chi connectivity index (χ2n) is 5.28. The van der Waals surface area contributed by atoms with Crippen LogP contribution in [-0.4, -0.2) is 5.91 Å². The summed E-state index contributed by atoms with van der Waals surface area (Å²) >= 11 is 5.84. The van der Waals surface area contributed by atoms with Crippen LogP contribution in [0.15, 0.2) is 59.0 Å². The lowest BCUT2D eigenvalue weighted by Gasteiger charge is -2.11. The van der Waals surface area contributed by atoms with E-state index in [4.69, 9.17) is 16.0 Å². The van der Waals surface area contributed by atoms with Gasteiger partial charge >= 0.3 is 0 Å². The van der Waals surface area contributed by atoms with Crippen LogP contribution in [-0.2, 0) is 11.2 Å². The largest absolute Gasteiger partial charge is 0.459 e. The molecule has 1 heterocycles. The molecule has 0 aliphatic carbocycles. The van der Waals surface area contributed by atoms with Crippen molar-refractivity contribution in [3.63, 3.8) is 0 Å². The summed E-state index contributed by atoms with van der Waals surface area (Å²) in [4.78, 5) is 12.1. The second kappa shape index (κ2) is 6.24. The van der Waals surface area contributed by atoms with Crippen LogP contribution in [0.3, 0.4) is 0 Å². The molecule has 1 unspecified atom stereocenters. The molecule has 0 saturated carbocycles. The van der Waals surface area contributed by atoms with Crippen molar-refractivity contribution in [1.82, 2.24) is 5.32 Å². The second-order valence-corrected chi connectivity index (χ2v) is 5.72. The number of carbonyl (C=O) groups is 1. The SMILES string of the molecule is CC(NC(=O)Cc1ccc(Cl)cc1)c1cc2ccccc2o1. The van der Waals surface area contributed by atoms with Crippen molar-refractivity contribution in [1.29, 1.82) is 0 Å². The fraction of sp³-hybridized carbons (Fsp3) is 0.167. The first kappa shape index (κ1) is 14.7. The van der Waals surface area contributed by atoms with Crippen LogP contribution in [0, 0.1) is 0 Å². The van der Waals surface area contributed by atoms with Crippen molar-refractivity contribution in [3.8, 4) is 0 Å². The molecule has 0 saturated heterocycles. The molecular formula is C18H16ClNO2. The van der Waals surface area contributed by atoms with Gasteiger partial charge in [-0.05, 0) is 36.8 Å². The lowest BCUT2D eigenvalue weighted by atomic mass is 10.1. The van der Waals surface area contributed by atoms with E-state index in [-0.39, 0.29) is 11.9 Å². The van der Waals surface area contributed by atoms with Crippen LogP contribution in [0.4, 0.5) is 0 Å². The zero-order valence-corrected chi connectivity index (χ0v) is 12.9. The van der Waals surface area contributed by atoms with Gasteiger partial charge in [0, 0.05) is 10.4 Å². The molecule has 3 aromatic rings. The summed E-state index contributed by atoms with van der Waals surface area (Å²) in [5, 5.41) is 4.66. The van der Waals surface area contributed by atoms with Gasteiger partial charge in [-0.15, -0.1) is 0 Å². The predicted octanol–water partition coefficient (Wildman–Crippen LogP) is 4.51. The van der Waals surface area contributed by atoms with Gasteiger partial charge in [-0.1, -0.05) is 41.9 Å². The Kier molecular flexibility index (Phi) is 4.16. The van der Waals surface area contributed by atoms with Crippen LogP contribution >= 0.6 is 11.6 Å². The molecule has 0 fully saturated rings. The van der Waals surface area contributed by atoms with Gasteiger partial charge in [-0.3, -0.25) is 4.79 Å². The van der Waals surface area contributed by atoms with E-state index in [0.717, 1.165) is 22.3 Å². The Bertz CT molecular complexity index is 759. The highest BCUT2D eigenvalue weighted by Crippen LogP contribution is 2.23. The first-order valence-corrected chi connectivity index (χ1v) is 7.52. The molecule has 112 valence electrons. The van der Waals surface area contributed by atoms with Gasteiger partial charge in [0.2, 0.25) is 5.91 Å². The Hall–Kier alpha value is -2.26. The highest BCUT2D eigenvalue weighted by molar-refractivity contribution is 6.30. The number of halogens is 1. The first-order valence-electron chi connectivity index (χ1n) is 7.14. The fourth-order valence-electron chi connectivity index (χ4n) is 2.37. The molecule has 0 spiro atoms. The van der Waals surface area contributed by atoms with Gasteiger partial charge in [-0.25, -0.2) is 0 Å². The Labute approximate surface area is 133 Å². The average Bonchev–Trinajstić information content (AvgIpc) is 2.93. The summed E-state index contributed by atoms with van der Waals surface area (Å²) < 4.78 is 5.76. The topological polar surface area (TPSA) is 42.2 Å². The summed E-state index contributed by atoms with van der Waals surface area (Å²) in [6, 6.07) is 16.9. The van der Waals surface area contributed by atoms with Gasteiger partial charge in [0.05, 0.1) is 12.5 Å². The summed E-state index contributed by atoms with van der Waals surface area (Å²) in [5.41, 5.74) is 1.76. The van der Waals surface area contributed by atoms with Crippen LogP contribution < -0.4 is 5.32 Å². The molecule has 0 radical (unpaired) electrons. The molecule has 0 aliphatic rings. The first-order chi connectivity index (χ1) is 10.6. The molecule has 3 rings (SSSR count). The summed E-state index contributed by atoms with van der Waals surface area (Å²) in [7, 11) is 0. The van der Waals surface area contributed by atoms with E-state index in [1.165, 1.54) is 0 Å². The zero-order chi connectivity index (χ0) is 15.5. The minimum atomic E-state index is -0.174. The quantitative estimate of drug-likeness (QED) is 0.770. The number of fused-ring (bicyclic) bond motifs is 1. The third-order valence-corrected chi connectivity index (χ3v) is 3.78. The molecule has 1 atom stereocenters. The van der Waals surface area contributed by atoms with E-state index in [1.54, 1.807) is 12.1 Å². The lowest BCUT2D eigenvalue weighted by molar-refractivity contribution is -0.121. The third-order valence-electron chi connectivity index (χ3n) is 3.53. The van der Waals surface area contributed by atoms with Crippen LogP contribution in [0.1, 0.15) is 24.3 Å². The van der Waals surface area contributed by atoms with Gasteiger partial charge in [0.1, 0.15) is 11.3 Å². The minimum absolute atomic E-state index is 0.0460. The van der Waals surface area contributed by atoms with E-state index in [0.29, 0.717) is 11.4 Å². The number of hydrogen-bond donors (Lipinski definition) is 1. The summed E-state index contributed by atoms with van der Waals surface area (Å²) in [5.74, 6) is 0.709. The van der Waals surface area contributed by atoms with E-state index < -0.39 is 0 Å². The standard InChI is InChI=1S/C18H16ClNO2/c1-12(17-11-14-4-2-3-5-16(14)22-17)20-18(21)10-13-6-8-15(19)9-7-13/h2-9,11-12H,10H2,1H3,(H,20,21). The van der Waals surface area contributed by atoms with Crippen LogP contribution in [0.5, 0.6) is 0 Å². The number of rotatable bonds is 4. The molecule has 4 heteroatoms. The highest BCUT2D eigenvalue weighted by atomic mass is 35.5. The Balaban J connectivity index is 1.66. The molecule has 22 heavy (non-hydrogen) atoms.